The van der Waals surface area contributed by atoms with E-state index in [4.69, 9.17) is 14.6 Å². The quantitative estimate of drug-likeness (QED) is 0.606. The summed E-state index contributed by atoms with van der Waals surface area (Å²) in [5.41, 5.74) is 2.59. The Kier molecular flexibility index (Phi) is 6.51. The molecule has 0 saturated carbocycles. The molecule has 0 spiro atoms. The molecule has 2 N–H and O–H groups in total. The first-order valence-electron chi connectivity index (χ1n) is 9.48. The van der Waals surface area contributed by atoms with Crippen molar-refractivity contribution < 1.29 is 19.2 Å². The summed E-state index contributed by atoms with van der Waals surface area (Å²) in [6.45, 7) is 1.41. The van der Waals surface area contributed by atoms with Crippen LogP contribution in [0.25, 0.3) is 16.9 Å². The molecule has 7 nitrogen and oxygen atoms in total. The van der Waals surface area contributed by atoms with Crippen molar-refractivity contribution in [2.75, 3.05) is 41.4 Å². The highest BCUT2D eigenvalue weighted by Gasteiger charge is 2.22. The number of carbonyl (C=O) groups excluding carboxylic acids is 1. The minimum Gasteiger partial charge on any atom is -0.497 e. The standard InChI is InChI=1S/C22H26N4O3/c1-25(2)13-12-23-22(27)19-15-26(16-8-6-5-7-9-16)24-21(19)18-14-17(28-3)10-11-20(18)29-4/h5-11,14-15H,12-13H2,1-4H3,(H,23,27)/p+1. The summed E-state index contributed by atoms with van der Waals surface area (Å²) in [4.78, 5) is 14.2. The third-order valence-corrected chi connectivity index (χ3v) is 4.55. The maximum absolute atomic E-state index is 13.0. The van der Waals surface area contributed by atoms with Crippen LogP contribution in [0.4, 0.5) is 0 Å². The molecule has 0 aliphatic heterocycles. The van der Waals surface area contributed by atoms with Crippen molar-refractivity contribution in [3.63, 3.8) is 0 Å². The van der Waals surface area contributed by atoms with Gasteiger partial charge in [0, 0.05) is 11.8 Å². The molecule has 0 unspecified atom stereocenters. The lowest BCUT2D eigenvalue weighted by atomic mass is 10.1. The summed E-state index contributed by atoms with van der Waals surface area (Å²) in [6, 6.07) is 15.1. The second kappa shape index (κ2) is 9.25. The highest BCUT2D eigenvalue weighted by Crippen LogP contribution is 2.35. The Hall–Kier alpha value is -3.32. The Morgan fingerprint density at radius 3 is 2.52 bits per heavy atom. The Labute approximate surface area is 170 Å². The van der Waals surface area contributed by atoms with Gasteiger partial charge in [0.2, 0.25) is 0 Å². The molecule has 0 fully saturated rings. The molecule has 0 saturated heterocycles. The number of quaternary nitrogens is 1. The Morgan fingerprint density at radius 2 is 1.86 bits per heavy atom. The molecule has 1 heterocycles. The average Bonchev–Trinajstić information content (AvgIpc) is 3.19. The minimum absolute atomic E-state index is 0.173. The smallest absolute Gasteiger partial charge is 0.255 e. The van der Waals surface area contributed by atoms with E-state index in [-0.39, 0.29) is 5.91 Å². The number of methoxy groups -OCH3 is 2. The lowest BCUT2D eigenvalue weighted by Gasteiger charge is -2.11. The molecular formula is C22H27N4O3+. The van der Waals surface area contributed by atoms with Gasteiger partial charge in [-0.2, -0.15) is 5.10 Å². The van der Waals surface area contributed by atoms with Crippen LogP contribution >= 0.6 is 0 Å². The van der Waals surface area contributed by atoms with E-state index in [1.807, 2.05) is 62.6 Å². The largest absolute Gasteiger partial charge is 0.497 e. The van der Waals surface area contributed by atoms with Crippen molar-refractivity contribution in [1.29, 1.82) is 0 Å². The first-order valence-corrected chi connectivity index (χ1v) is 9.48. The lowest BCUT2D eigenvalue weighted by molar-refractivity contribution is -0.856. The Bertz CT molecular complexity index is 967. The van der Waals surface area contributed by atoms with E-state index in [2.05, 4.69) is 5.32 Å². The second-order valence-electron chi connectivity index (χ2n) is 6.95. The lowest BCUT2D eigenvalue weighted by Crippen LogP contribution is -3.06. The molecule has 2 aromatic carbocycles. The fourth-order valence-electron chi connectivity index (χ4n) is 2.97. The zero-order chi connectivity index (χ0) is 20.8. The molecule has 0 radical (unpaired) electrons. The van der Waals surface area contributed by atoms with Crippen molar-refractivity contribution in [2.45, 2.75) is 0 Å². The third-order valence-electron chi connectivity index (χ3n) is 4.55. The monoisotopic (exact) mass is 395 g/mol. The highest BCUT2D eigenvalue weighted by atomic mass is 16.5. The summed E-state index contributed by atoms with van der Waals surface area (Å²) in [5.74, 6) is 1.11. The van der Waals surface area contributed by atoms with Gasteiger partial charge in [0.25, 0.3) is 5.91 Å². The predicted molar refractivity (Wildman–Crippen MR) is 112 cm³/mol. The normalized spacial score (nSPS) is 10.8. The molecule has 0 aliphatic carbocycles. The van der Waals surface area contributed by atoms with Crippen LogP contribution in [-0.4, -0.2) is 57.1 Å². The number of likely N-dealkylation sites (N-methyl/N-ethyl adjacent to an activating group) is 1. The summed E-state index contributed by atoms with van der Waals surface area (Å²) in [7, 11) is 7.29. The van der Waals surface area contributed by atoms with E-state index < -0.39 is 0 Å². The molecule has 29 heavy (non-hydrogen) atoms. The number of amides is 1. The number of ether oxygens (including phenoxy) is 2. The first-order chi connectivity index (χ1) is 14.0. The minimum atomic E-state index is -0.173. The number of benzene rings is 2. The highest BCUT2D eigenvalue weighted by molar-refractivity contribution is 6.00. The van der Waals surface area contributed by atoms with Crippen molar-refractivity contribution in [3.8, 4) is 28.4 Å². The van der Waals surface area contributed by atoms with Crippen LogP contribution in [0.15, 0.2) is 54.7 Å². The zero-order valence-electron chi connectivity index (χ0n) is 17.2. The molecule has 7 heteroatoms. The van der Waals surface area contributed by atoms with Crippen LogP contribution in [0.5, 0.6) is 11.5 Å². The van der Waals surface area contributed by atoms with Crippen molar-refractivity contribution in [1.82, 2.24) is 15.1 Å². The maximum Gasteiger partial charge on any atom is 0.255 e. The Balaban J connectivity index is 2.07. The fraction of sp³-hybridized carbons (Fsp3) is 0.273. The van der Waals surface area contributed by atoms with E-state index in [9.17, 15) is 4.79 Å². The second-order valence-corrected chi connectivity index (χ2v) is 6.95. The van der Waals surface area contributed by atoms with Gasteiger partial charge in [0.1, 0.15) is 17.2 Å². The third kappa shape index (κ3) is 4.75. The van der Waals surface area contributed by atoms with Gasteiger partial charge < -0.3 is 19.7 Å². The van der Waals surface area contributed by atoms with Gasteiger partial charge in [0.15, 0.2) is 0 Å². The number of para-hydroxylation sites is 1. The van der Waals surface area contributed by atoms with Gasteiger partial charge in [-0.15, -0.1) is 0 Å². The van der Waals surface area contributed by atoms with Crippen LogP contribution in [0.1, 0.15) is 10.4 Å². The van der Waals surface area contributed by atoms with Gasteiger partial charge in [-0.1, -0.05) is 18.2 Å². The van der Waals surface area contributed by atoms with Crippen LogP contribution < -0.4 is 19.7 Å². The van der Waals surface area contributed by atoms with E-state index in [0.717, 1.165) is 12.2 Å². The zero-order valence-corrected chi connectivity index (χ0v) is 17.2. The average molecular weight is 395 g/mol. The van der Waals surface area contributed by atoms with Gasteiger partial charge in [-0.3, -0.25) is 4.79 Å². The molecular weight excluding hydrogens is 368 g/mol. The number of carbonyl (C=O) groups is 1. The topological polar surface area (TPSA) is 69.8 Å². The van der Waals surface area contributed by atoms with Gasteiger partial charge in [-0.25, -0.2) is 4.68 Å². The predicted octanol–water partition coefficient (Wildman–Crippen LogP) is 1.43. The maximum atomic E-state index is 13.0. The number of aromatic nitrogens is 2. The summed E-state index contributed by atoms with van der Waals surface area (Å²) in [5, 5.41) is 7.70. The molecule has 0 bridgehead atoms. The molecule has 0 aliphatic rings. The van der Waals surface area contributed by atoms with Crippen LogP contribution in [0.3, 0.4) is 0 Å². The Morgan fingerprint density at radius 1 is 1.10 bits per heavy atom. The van der Waals surface area contributed by atoms with E-state index in [1.54, 1.807) is 25.1 Å². The fourth-order valence-corrected chi connectivity index (χ4v) is 2.97. The number of nitrogens with zero attached hydrogens (tertiary/aromatic N) is 2. The number of rotatable bonds is 8. The number of hydrogen-bond donors (Lipinski definition) is 2. The molecule has 1 amide bonds. The van der Waals surface area contributed by atoms with Crippen LogP contribution in [0, 0.1) is 0 Å². The van der Waals surface area contributed by atoms with Crippen LogP contribution in [0.2, 0.25) is 0 Å². The van der Waals surface area contributed by atoms with Crippen molar-refractivity contribution in [2.24, 2.45) is 0 Å². The summed E-state index contributed by atoms with van der Waals surface area (Å²) < 4.78 is 12.6. The van der Waals surface area contributed by atoms with Crippen molar-refractivity contribution in [3.05, 3.63) is 60.3 Å². The molecule has 0 atom stereocenters. The first kappa shape index (κ1) is 20.4. The number of nitrogens with one attached hydrogen (secondary N) is 2. The molecule has 3 rings (SSSR count). The van der Waals surface area contributed by atoms with Crippen LogP contribution in [-0.2, 0) is 0 Å². The summed E-state index contributed by atoms with van der Waals surface area (Å²) >= 11 is 0. The van der Waals surface area contributed by atoms with Gasteiger partial charge in [-0.05, 0) is 30.3 Å². The molecule has 1 aromatic heterocycles. The van der Waals surface area contributed by atoms with Gasteiger partial charge >= 0.3 is 0 Å². The van der Waals surface area contributed by atoms with Crippen molar-refractivity contribution >= 4 is 5.91 Å². The molecule has 3 aromatic rings. The van der Waals surface area contributed by atoms with E-state index in [1.165, 1.54) is 4.90 Å². The number of hydrogen-bond acceptors (Lipinski definition) is 4. The van der Waals surface area contributed by atoms with E-state index in [0.29, 0.717) is 34.9 Å². The summed E-state index contributed by atoms with van der Waals surface area (Å²) in [6.07, 6.45) is 1.75. The van der Waals surface area contributed by atoms with Gasteiger partial charge in [0.05, 0.1) is 52.7 Å². The van der Waals surface area contributed by atoms with E-state index >= 15 is 0 Å². The molecule has 152 valence electrons. The SMILES string of the molecule is COc1ccc(OC)c(-c2nn(-c3ccccc3)cc2C(=O)NCC[NH+](C)C)c1.